The molecule has 1 aromatic carbocycles. The number of aromatic nitrogens is 2. The van der Waals surface area contributed by atoms with Crippen LogP contribution in [0.5, 0.6) is 5.75 Å². The molecule has 0 radical (unpaired) electrons. The maximum atomic E-state index is 9.90. The van der Waals surface area contributed by atoms with Crippen molar-refractivity contribution in [2.24, 2.45) is 0 Å². The zero-order valence-electron chi connectivity index (χ0n) is 10.5. The van der Waals surface area contributed by atoms with Crippen molar-refractivity contribution in [3.05, 3.63) is 41.2 Å². The monoisotopic (exact) mass is 248 g/mol. The average molecular weight is 248 g/mol. The SMILES string of the molecule is CC[C@H](O)c1ccccc1OCc1nonc1C. The Hall–Kier alpha value is -1.88. The number of aliphatic hydroxyl groups excluding tert-OH is 1. The Labute approximate surface area is 105 Å². The molecular weight excluding hydrogens is 232 g/mol. The van der Waals surface area contributed by atoms with Crippen LogP contribution in [0.1, 0.15) is 36.4 Å². The molecule has 0 fully saturated rings. The lowest BCUT2D eigenvalue weighted by molar-refractivity contribution is 0.166. The van der Waals surface area contributed by atoms with Crippen LogP contribution in [0.25, 0.3) is 0 Å². The second-order valence-electron chi connectivity index (χ2n) is 4.05. The summed E-state index contributed by atoms with van der Waals surface area (Å²) in [5.74, 6) is 0.661. The van der Waals surface area contributed by atoms with Crippen LogP contribution in [0, 0.1) is 6.92 Å². The van der Waals surface area contributed by atoms with E-state index in [2.05, 4.69) is 14.9 Å². The molecule has 5 nitrogen and oxygen atoms in total. The van der Waals surface area contributed by atoms with E-state index in [0.717, 1.165) is 5.56 Å². The molecule has 0 spiro atoms. The van der Waals surface area contributed by atoms with E-state index in [-0.39, 0.29) is 6.61 Å². The third-order valence-electron chi connectivity index (χ3n) is 2.78. The van der Waals surface area contributed by atoms with Crippen molar-refractivity contribution in [1.29, 1.82) is 0 Å². The first-order valence-corrected chi connectivity index (χ1v) is 5.90. The number of benzene rings is 1. The minimum absolute atomic E-state index is 0.281. The van der Waals surface area contributed by atoms with Gasteiger partial charge in [-0.1, -0.05) is 35.4 Å². The summed E-state index contributed by atoms with van der Waals surface area (Å²) >= 11 is 0. The van der Waals surface area contributed by atoms with E-state index in [9.17, 15) is 5.11 Å². The van der Waals surface area contributed by atoms with Crippen molar-refractivity contribution in [2.75, 3.05) is 0 Å². The molecular formula is C13H16N2O3. The van der Waals surface area contributed by atoms with Crippen LogP contribution in [0.2, 0.25) is 0 Å². The lowest BCUT2D eigenvalue weighted by Gasteiger charge is -2.14. The molecule has 0 bridgehead atoms. The predicted molar refractivity (Wildman–Crippen MR) is 65.1 cm³/mol. The van der Waals surface area contributed by atoms with E-state index in [1.54, 1.807) is 0 Å². The number of ether oxygens (including phenoxy) is 1. The highest BCUT2D eigenvalue weighted by Gasteiger charge is 2.12. The topological polar surface area (TPSA) is 68.4 Å². The van der Waals surface area contributed by atoms with Crippen molar-refractivity contribution in [1.82, 2.24) is 10.3 Å². The molecule has 1 N–H and O–H groups in total. The van der Waals surface area contributed by atoms with Crippen LogP contribution in [0.4, 0.5) is 0 Å². The summed E-state index contributed by atoms with van der Waals surface area (Å²) in [4.78, 5) is 0. The molecule has 0 amide bonds. The van der Waals surface area contributed by atoms with Gasteiger partial charge in [-0.25, -0.2) is 4.63 Å². The molecule has 5 heteroatoms. The van der Waals surface area contributed by atoms with Gasteiger partial charge in [0.05, 0.1) is 6.10 Å². The predicted octanol–water partition coefficient (Wildman–Crippen LogP) is 2.40. The summed E-state index contributed by atoms with van der Waals surface area (Å²) in [6.07, 6.45) is 0.128. The maximum Gasteiger partial charge on any atom is 0.145 e. The summed E-state index contributed by atoms with van der Waals surface area (Å²) < 4.78 is 10.3. The van der Waals surface area contributed by atoms with E-state index >= 15 is 0 Å². The lowest BCUT2D eigenvalue weighted by Crippen LogP contribution is -2.03. The Kier molecular flexibility index (Phi) is 3.94. The van der Waals surface area contributed by atoms with Gasteiger partial charge in [-0.05, 0) is 19.4 Å². The largest absolute Gasteiger partial charge is 0.487 e. The third-order valence-corrected chi connectivity index (χ3v) is 2.78. The summed E-state index contributed by atoms with van der Waals surface area (Å²) in [6.45, 7) is 4.01. The van der Waals surface area contributed by atoms with Crippen LogP contribution in [0.3, 0.4) is 0 Å². The molecule has 0 saturated heterocycles. The first kappa shape index (κ1) is 12.6. The van der Waals surface area contributed by atoms with Crippen molar-refractivity contribution in [3.8, 4) is 5.75 Å². The fraction of sp³-hybridized carbons (Fsp3) is 0.385. The first-order valence-electron chi connectivity index (χ1n) is 5.90. The number of hydrogen-bond donors (Lipinski definition) is 1. The zero-order valence-corrected chi connectivity index (χ0v) is 10.5. The normalized spacial score (nSPS) is 12.4. The van der Waals surface area contributed by atoms with Gasteiger partial charge < -0.3 is 9.84 Å². The van der Waals surface area contributed by atoms with Crippen LogP contribution in [0.15, 0.2) is 28.9 Å². The summed E-state index contributed by atoms with van der Waals surface area (Å²) in [7, 11) is 0. The molecule has 1 heterocycles. The van der Waals surface area contributed by atoms with Crippen molar-refractivity contribution >= 4 is 0 Å². The Morgan fingerprint density at radius 1 is 1.33 bits per heavy atom. The van der Waals surface area contributed by atoms with Gasteiger partial charge in [0.1, 0.15) is 23.7 Å². The Balaban J connectivity index is 2.12. The Morgan fingerprint density at radius 3 is 2.78 bits per heavy atom. The summed E-state index contributed by atoms with van der Waals surface area (Å²) in [6, 6.07) is 7.44. The van der Waals surface area contributed by atoms with Crippen LogP contribution in [-0.4, -0.2) is 15.4 Å². The van der Waals surface area contributed by atoms with Gasteiger partial charge in [0.15, 0.2) is 0 Å². The van der Waals surface area contributed by atoms with Crippen LogP contribution >= 0.6 is 0 Å². The average Bonchev–Trinajstić information content (AvgIpc) is 2.81. The minimum atomic E-state index is -0.516. The van der Waals surface area contributed by atoms with Gasteiger partial charge in [0, 0.05) is 5.56 Å². The standard InChI is InChI=1S/C13H16N2O3/c1-3-12(16)10-6-4-5-7-13(10)17-8-11-9(2)14-18-15-11/h4-7,12,16H,3,8H2,1-2H3/t12-/m0/s1. The highest BCUT2D eigenvalue weighted by molar-refractivity contribution is 5.35. The van der Waals surface area contributed by atoms with Gasteiger partial charge >= 0.3 is 0 Å². The number of aliphatic hydroxyl groups is 1. The molecule has 1 aromatic heterocycles. The molecule has 0 aliphatic rings. The Bertz CT molecular complexity index is 510. The summed E-state index contributed by atoms with van der Waals surface area (Å²) in [5, 5.41) is 17.3. The third kappa shape index (κ3) is 2.68. The molecule has 0 saturated carbocycles. The highest BCUT2D eigenvalue weighted by Crippen LogP contribution is 2.27. The van der Waals surface area contributed by atoms with Gasteiger partial charge in [0.25, 0.3) is 0 Å². The lowest BCUT2D eigenvalue weighted by atomic mass is 10.1. The van der Waals surface area contributed by atoms with E-state index in [0.29, 0.717) is 23.6 Å². The fourth-order valence-electron chi connectivity index (χ4n) is 1.63. The fourth-order valence-corrected chi connectivity index (χ4v) is 1.63. The van der Waals surface area contributed by atoms with Crippen molar-refractivity contribution in [2.45, 2.75) is 33.0 Å². The van der Waals surface area contributed by atoms with Crippen LogP contribution < -0.4 is 4.74 Å². The molecule has 18 heavy (non-hydrogen) atoms. The molecule has 2 aromatic rings. The first-order chi connectivity index (χ1) is 8.72. The van der Waals surface area contributed by atoms with Gasteiger partial charge in [-0.2, -0.15) is 0 Å². The minimum Gasteiger partial charge on any atom is -0.487 e. The zero-order chi connectivity index (χ0) is 13.0. The van der Waals surface area contributed by atoms with Crippen molar-refractivity contribution < 1.29 is 14.5 Å². The van der Waals surface area contributed by atoms with Crippen molar-refractivity contribution in [3.63, 3.8) is 0 Å². The second kappa shape index (κ2) is 5.64. The van der Waals surface area contributed by atoms with E-state index in [4.69, 9.17) is 4.74 Å². The quantitative estimate of drug-likeness (QED) is 0.879. The number of para-hydroxylation sites is 1. The highest BCUT2D eigenvalue weighted by atomic mass is 16.6. The molecule has 0 unspecified atom stereocenters. The molecule has 1 atom stereocenters. The number of aryl methyl sites for hydroxylation is 1. The van der Waals surface area contributed by atoms with E-state index in [1.807, 2.05) is 38.1 Å². The molecule has 2 rings (SSSR count). The van der Waals surface area contributed by atoms with E-state index in [1.165, 1.54) is 0 Å². The number of nitrogens with zero attached hydrogens (tertiary/aromatic N) is 2. The second-order valence-corrected chi connectivity index (χ2v) is 4.05. The van der Waals surface area contributed by atoms with Crippen LogP contribution in [-0.2, 0) is 6.61 Å². The Morgan fingerprint density at radius 2 is 2.11 bits per heavy atom. The maximum absolute atomic E-state index is 9.90. The number of hydrogen-bond acceptors (Lipinski definition) is 5. The smallest absolute Gasteiger partial charge is 0.145 e. The van der Waals surface area contributed by atoms with Gasteiger partial charge in [0.2, 0.25) is 0 Å². The van der Waals surface area contributed by atoms with Gasteiger partial charge in [-0.15, -0.1) is 0 Å². The number of rotatable bonds is 5. The van der Waals surface area contributed by atoms with E-state index < -0.39 is 6.10 Å². The van der Waals surface area contributed by atoms with Gasteiger partial charge in [-0.3, -0.25) is 0 Å². The summed E-state index contributed by atoms with van der Waals surface area (Å²) in [5.41, 5.74) is 2.16. The molecule has 0 aliphatic carbocycles. The molecule has 0 aliphatic heterocycles. The molecule has 96 valence electrons.